The normalized spacial score (nSPS) is 18.6. The van der Waals surface area contributed by atoms with Gasteiger partial charge < -0.3 is 9.64 Å². The minimum Gasteiger partial charge on any atom is -0.496 e. The molecule has 1 aliphatic heterocycles. The number of nitrogens with zero attached hydrogens (tertiary/aromatic N) is 1. The van der Waals surface area contributed by atoms with Crippen LogP contribution in [0.25, 0.3) is 6.08 Å². The fourth-order valence-corrected chi connectivity index (χ4v) is 2.87. The minimum atomic E-state index is -4.38. The van der Waals surface area contributed by atoms with Crippen LogP contribution in [0.4, 0.5) is 13.2 Å². The van der Waals surface area contributed by atoms with E-state index in [2.05, 4.69) is 6.58 Å². The summed E-state index contributed by atoms with van der Waals surface area (Å²) in [6.45, 7) is 3.80. The summed E-state index contributed by atoms with van der Waals surface area (Å²) in [7, 11) is 1.47. The number of alkyl halides is 3. The molecule has 1 aromatic rings. The van der Waals surface area contributed by atoms with E-state index in [9.17, 15) is 18.0 Å². The molecule has 0 radical (unpaired) electrons. The molecular formula is C17H20F3NO2. The summed E-state index contributed by atoms with van der Waals surface area (Å²) in [6.07, 6.45) is -1.78. The highest BCUT2D eigenvalue weighted by Crippen LogP contribution is 2.32. The molecule has 0 spiro atoms. The molecule has 0 N–H and O–H groups in total. The average Bonchev–Trinajstić information content (AvgIpc) is 2.54. The Balaban J connectivity index is 2.19. The molecule has 3 nitrogen and oxygen atoms in total. The Morgan fingerprint density at radius 3 is 2.78 bits per heavy atom. The van der Waals surface area contributed by atoms with Crippen LogP contribution >= 0.6 is 0 Å². The second-order valence-electron chi connectivity index (χ2n) is 5.59. The van der Waals surface area contributed by atoms with E-state index in [1.807, 2.05) is 0 Å². The molecule has 1 atom stereocenters. The average molecular weight is 327 g/mol. The maximum Gasteiger partial charge on any atom is 0.408 e. The third-order valence-corrected chi connectivity index (χ3v) is 4.09. The van der Waals surface area contributed by atoms with Crippen molar-refractivity contribution in [3.05, 3.63) is 35.9 Å². The molecule has 2 rings (SSSR count). The van der Waals surface area contributed by atoms with Gasteiger partial charge in [0.25, 0.3) is 0 Å². The van der Waals surface area contributed by atoms with Crippen molar-refractivity contribution in [2.75, 3.05) is 13.7 Å². The molecule has 0 aromatic heterocycles. The molecular weight excluding hydrogens is 307 g/mol. The number of methoxy groups -OCH3 is 1. The first-order valence-corrected chi connectivity index (χ1v) is 7.52. The summed E-state index contributed by atoms with van der Waals surface area (Å²) in [5, 5.41) is 0. The molecule has 23 heavy (non-hydrogen) atoms. The van der Waals surface area contributed by atoms with E-state index in [0.717, 1.165) is 10.5 Å². The van der Waals surface area contributed by atoms with Crippen molar-refractivity contribution >= 4 is 12.0 Å². The highest BCUT2D eigenvalue weighted by Gasteiger charge is 2.46. The highest BCUT2D eigenvalue weighted by molar-refractivity contribution is 5.80. The van der Waals surface area contributed by atoms with Gasteiger partial charge in [-0.15, -0.1) is 0 Å². The lowest BCUT2D eigenvalue weighted by molar-refractivity contribution is -0.195. The third kappa shape index (κ3) is 4.06. The molecule has 1 saturated heterocycles. The summed E-state index contributed by atoms with van der Waals surface area (Å²) in [5.41, 5.74) is 1.40. The maximum atomic E-state index is 13.1. The van der Waals surface area contributed by atoms with Gasteiger partial charge in [-0.2, -0.15) is 13.2 Å². The highest BCUT2D eigenvalue weighted by atomic mass is 19.4. The Kier molecular flexibility index (Phi) is 5.34. The van der Waals surface area contributed by atoms with Gasteiger partial charge in [-0.25, -0.2) is 0 Å². The first-order chi connectivity index (χ1) is 10.9. The Morgan fingerprint density at radius 2 is 2.17 bits per heavy atom. The van der Waals surface area contributed by atoms with Crippen LogP contribution < -0.4 is 4.74 Å². The van der Waals surface area contributed by atoms with Gasteiger partial charge in [-0.1, -0.05) is 24.8 Å². The van der Waals surface area contributed by atoms with E-state index in [4.69, 9.17) is 4.74 Å². The molecule has 0 aliphatic carbocycles. The molecule has 1 unspecified atom stereocenters. The van der Waals surface area contributed by atoms with Gasteiger partial charge in [0.15, 0.2) is 0 Å². The Labute approximate surface area is 133 Å². The summed E-state index contributed by atoms with van der Waals surface area (Å²) in [6, 6.07) is 3.49. The van der Waals surface area contributed by atoms with Crippen molar-refractivity contribution in [1.29, 1.82) is 0 Å². The molecule has 1 aromatic carbocycles. The molecule has 1 heterocycles. The number of likely N-dealkylation sites (tertiary alicyclic amines) is 1. The number of halogens is 3. The van der Waals surface area contributed by atoms with Crippen LogP contribution in [-0.4, -0.2) is 36.7 Å². The topological polar surface area (TPSA) is 29.5 Å². The maximum absolute atomic E-state index is 13.1. The number of benzene rings is 1. The van der Waals surface area contributed by atoms with Gasteiger partial charge >= 0.3 is 6.18 Å². The number of ether oxygens (including phenoxy) is 1. The van der Waals surface area contributed by atoms with E-state index in [1.54, 1.807) is 24.3 Å². The Hall–Kier alpha value is -1.98. The van der Waals surface area contributed by atoms with E-state index in [-0.39, 0.29) is 19.4 Å². The van der Waals surface area contributed by atoms with Crippen LogP contribution in [0.1, 0.15) is 30.4 Å². The van der Waals surface area contributed by atoms with Crippen LogP contribution in [0, 0.1) is 0 Å². The predicted molar refractivity (Wildman–Crippen MR) is 82.2 cm³/mol. The van der Waals surface area contributed by atoms with Crippen molar-refractivity contribution < 1.29 is 22.7 Å². The zero-order valence-electron chi connectivity index (χ0n) is 13.0. The molecule has 1 amide bonds. The van der Waals surface area contributed by atoms with Crippen LogP contribution in [0.15, 0.2) is 24.8 Å². The van der Waals surface area contributed by atoms with E-state index < -0.39 is 18.1 Å². The smallest absolute Gasteiger partial charge is 0.408 e. The molecule has 0 bridgehead atoms. The van der Waals surface area contributed by atoms with E-state index in [1.165, 1.54) is 7.11 Å². The lowest BCUT2D eigenvalue weighted by Gasteiger charge is -2.37. The van der Waals surface area contributed by atoms with Gasteiger partial charge in [0.2, 0.25) is 5.91 Å². The molecule has 126 valence electrons. The van der Waals surface area contributed by atoms with Crippen LogP contribution in [-0.2, 0) is 11.2 Å². The van der Waals surface area contributed by atoms with Crippen LogP contribution in [0.5, 0.6) is 5.75 Å². The quantitative estimate of drug-likeness (QED) is 0.841. The molecule has 1 fully saturated rings. The number of amides is 1. The van der Waals surface area contributed by atoms with E-state index in [0.29, 0.717) is 24.2 Å². The zero-order chi connectivity index (χ0) is 17.0. The summed E-state index contributed by atoms with van der Waals surface area (Å²) >= 11 is 0. The van der Waals surface area contributed by atoms with E-state index >= 15 is 0 Å². The fourth-order valence-electron chi connectivity index (χ4n) is 2.87. The first kappa shape index (κ1) is 17.4. The monoisotopic (exact) mass is 327 g/mol. The molecule has 0 saturated carbocycles. The Bertz CT molecular complexity index is 584. The third-order valence-electron chi connectivity index (χ3n) is 4.09. The summed E-state index contributed by atoms with van der Waals surface area (Å²) < 4.78 is 44.5. The van der Waals surface area contributed by atoms with Gasteiger partial charge in [0.05, 0.1) is 13.5 Å². The summed E-state index contributed by atoms with van der Waals surface area (Å²) in [5.74, 6) is -0.0343. The second-order valence-corrected chi connectivity index (χ2v) is 5.59. The van der Waals surface area contributed by atoms with Crippen molar-refractivity contribution in [3.8, 4) is 5.75 Å². The number of hydrogen-bond donors (Lipinski definition) is 0. The van der Waals surface area contributed by atoms with Crippen molar-refractivity contribution in [2.24, 2.45) is 0 Å². The first-order valence-electron chi connectivity index (χ1n) is 7.52. The lowest BCUT2D eigenvalue weighted by atomic mass is 9.99. The minimum absolute atomic E-state index is 0.0260. The fraction of sp³-hybridized carbons (Fsp3) is 0.471. The lowest BCUT2D eigenvalue weighted by Crippen LogP contribution is -2.51. The van der Waals surface area contributed by atoms with Crippen LogP contribution in [0.2, 0.25) is 0 Å². The zero-order valence-corrected chi connectivity index (χ0v) is 13.0. The largest absolute Gasteiger partial charge is 0.496 e. The number of carbonyl (C=O) groups is 1. The Morgan fingerprint density at radius 1 is 1.43 bits per heavy atom. The second kappa shape index (κ2) is 7.06. The van der Waals surface area contributed by atoms with Gasteiger partial charge in [-0.05, 0) is 30.9 Å². The molecule has 1 aliphatic rings. The van der Waals surface area contributed by atoms with Crippen molar-refractivity contribution in [3.63, 3.8) is 0 Å². The SMILES string of the molecule is C=Cc1ccc(CC(=O)N2CCCCC2C(F)(F)F)c(OC)c1. The number of carbonyl (C=O) groups excluding carboxylic acids is 1. The molecule has 6 heteroatoms. The van der Waals surface area contributed by atoms with Gasteiger partial charge in [0, 0.05) is 12.1 Å². The number of rotatable bonds is 4. The van der Waals surface area contributed by atoms with Crippen molar-refractivity contribution in [2.45, 2.75) is 37.9 Å². The van der Waals surface area contributed by atoms with Gasteiger partial charge in [0.1, 0.15) is 11.8 Å². The van der Waals surface area contributed by atoms with Crippen LogP contribution in [0.3, 0.4) is 0 Å². The van der Waals surface area contributed by atoms with Crippen molar-refractivity contribution in [1.82, 2.24) is 4.90 Å². The predicted octanol–water partition coefficient (Wildman–Crippen LogP) is 3.82. The summed E-state index contributed by atoms with van der Waals surface area (Å²) in [4.78, 5) is 13.4. The standard InChI is InChI=1S/C17H20F3NO2/c1-3-12-7-8-13(14(10-12)23-2)11-16(22)21-9-5-4-6-15(21)17(18,19)20/h3,7-8,10,15H,1,4-6,9,11H2,2H3. The number of hydrogen-bond acceptors (Lipinski definition) is 2. The van der Waals surface area contributed by atoms with Gasteiger partial charge in [-0.3, -0.25) is 4.79 Å². The number of piperidine rings is 1.